The molecule has 6 heteroatoms. The van der Waals surface area contributed by atoms with E-state index in [-0.39, 0.29) is 29.4 Å². The summed E-state index contributed by atoms with van der Waals surface area (Å²) >= 11 is 0. The summed E-state index contributed by atoms with van der Waals surface area (Å²) < 4.78 is 5.03. The van der Waals surface area contributed by atoms with Crippen molar-refractivity contribution >= 4 is 11.7 Å². The van der Waals surface area contributed by atoms with Crippen LogP contribution >= 0.6 is 0 Å². The van der Waals surface area contributed by atoms with Gasteiger partial charge in [0.15, 0.2) is 11.5 Å². The molecule has 0 saturated carbocycles. The number of methoxy groups -OCH3 is 1. The molecule has 1 unspecified atom stereocenters. The van der Waals surface area contributed by atoms with E-state index in [0.29, 0.717) is 25.1 Å². The number of aromatic hydroxyl groups is 1. The molecular formula is C19H25NO5. The van der Waals surface area contributed by atoms with E-state index in [1.54, 1.807) is 19.2 Å². The molecule has 1 aliphatic rings. The molecule has 6 nitrogen and oxygen atoms in total. The van der Waals surface area contributed by atoms with Crippen molar-refractivity contribution in [1.82, 2.24) is 4.90 Å². The molecule has 25 heavy (non-hydrogen) atoms. The summed E-state index contributed by atoms with van der Waals surface area (Å²) in [6, 6.07) is 5.70. The van der Waals surface area contributed by atoms with E-state index in [1.807, 2.05) is 13.8 Å². The number of benzene rings is 1. The molecule has 1 amide bonds. The van der Waals surface area contributed by atoms with Crippen LogP contribution in [-0.2, 0) is 14.3 Å². The van der Waals surface area contributed by atoms with E-state index in [9.17, 15) is 19.8 Å². The van der Waals surface area contributed by atoms with Crippen molar-refractivity contribution in [2.45, 2.75) is 32.7 Å². The smallest absolute Gasteiger partial charge is 0.290 e. The third-order valence-electron chi connectivity index (χ3n) is 4.15. The largest absolute Gasteiger partial charge is 0.508 e. The minimum atomic E-state index is -0.642. The van der Waals surface area contributed by atoms with Gasteiger partial charge in [-0.15, -0.1) is 0 Å². The fraction of sp³-hybridized carbons (Fsp3) is 0.474. The number of phenolic OH excluding ortho intramolecular Hbond substituents is 1. The first-order valence-electron chi connectivity index (χ1n) is 8.42. The highest BCUT2D eigenvalue weighted by Gasteiger charge is 2.42. The molecule has 136 valence electrons. The van der Waals surface area contributed by atoms with Crippen molar-refractivity contribution in [3.63, 3.8) is 0 Å². The number of rotatable bonds is 8. The lowest BCUT2D eigenvalue weighted by Crippen LogP contribution is -2.32. The van der Waals surface area contributed by atoms with Gasteiger partial charge in [0.1, 0.15) is 5.75 Å². The number of carbonyl (C=O) groups excluding carboxylic acids is 2. The Bertz CT molecular complexity index is 663. The summed E-state index contributed by atoms with van der Waals surface area (Å²) in [7, 11) is 1.58. The summed E-state index contributed by atoms with van der Waals surface area (Å²) in [6.07, 6.45) is 0.850. The molecule has 0 saturated heterocycles. The number of Topliss-reactive ketones (excluding diaryl/α,β-unsaturated/α-hetero) is 1. The number of aliphatic hydroxyl groups excluding tert-OH is 1. The van der Waals surface area contributed by atoms with Gasteiger partial charge in [0, 0.05) is 26.7 Å². The van der Waals surface area contributed by atoms with Crippen LogP contribution in [-0.4, -0.2) is 47.1 Å². The molecule has 0 spiro atoms. The topological polar surface area (TPSA) is 87.1 Å². The standard InChI is InChI=1S/C19H25NO5/c1-12(2)11-15(22)16-17(13-5-7-14(21)8-6-13)20(9-4-10-25-3)19(24)18(16)23/h5-8,12,17,21,23H,4,9-11H2,1-3H3. The number of phenols is 1. The predicted molar refractivity (Wildman–Crippen MR) is 93.2 cm³/mol. The minimum absolute atomic E-state index is 0.0993. The Morgan fingerprint density at radius 3 is 2.44 bits per heavy atom. The highest BCUT2D eigenvalue weighted by Crippen LogP contribution is 2.39. The molecule has 2 rings (SSSR count). The molecule has 1 aromatic rings. The Balaban J connectivity index is 2.40. The second-order valence-electron chi connectivity index (χ2n) is 6.62. The van der Waals surface area contributed by atoms with Crippen molar-refractivity contribution in [3.8, 4) is 5.75 Å². The lowest BCUT2D eigenvalue weighted by Gasteiger charge is -2.27. The van der Waals surface area contributed by atoms with Gasteiger partial charge < -0.3 is 19.8 Å². The van der Waals surface area contributed by atoms with Gasteiger partial charge in [0.05, 0.1) is 11.6 Å². The average Bonchev–Trinajstić information content (AvgIpc) is 2.80. The van der Waals surface area contributed by atoms with Crippen molar-refractivity contribution in [2.24, 2.45) is 5.92 Å². The van der Waals surface area contributed by atoms with Gasteiger partial charge in [-0.05, 0) is 30.0 Å². The maximum atomic E-state index is 12.7. The molecule has 0 radical (unpaired) electrons. The highest BCUT2D eigenvalue weighted by molar-refractivity contribution is 6.09. The lowest BCUT2D eigenvalue weighted by molar-refractivity contribution is -0.129. The van der Waals surface area contributed by atoms with E-state index in [0.717, 1.165) is 0 Å². The van der Waals surface area contributed by atoms with Crippen LogP contribution in [0.4, 0.5) is 0 Å². The van der Waals surface area contributed by atoms with Crippen molar-refractivity contribution < 1.29 is 24.5 Å². The Hall–Kier alpha value is -2.34. The summed E-state index contributed by atoms with van der Waals surface area (Å²) in [6.45, 7) is 4.67. The molecular weight excluding hydrogens is 322 g/mol. The van der Waals surface area contributed by atoms with Gasteiger partial charge in [-0.3, -0.25) is 9.59 Å². The number of hydrogen-bond acceptors (Lipinski definition) is 5. The van der Waals surface area contributed by atoms with Gasteiger partial charge in [0.25, 0.3) is 5.91 Å². The van der Waals surface area contributed by atoms with Crippen LogP contribution in [0.3, 0.4) is 0 Å². The quantitative estimate of drug-likeness (QED) is 0.706. The van der Waals surface area contributed by atoms with Crippen LogP contribution in [0.5, 0.6) is 5.75 Å². The maximum absolute atomic E-state index is 12.7. The van der Waals surface area contributed by atoms with E-state index >= 15 is 0 Å². The van der Waals surface area contributed by atoms with Crippen LogP contribution < -0.4 is 0 Å². The number of ether oxygens (including phenoxy) is 1. The predicted octanol–water partition coefficient (Wildman–Crippen LogP) is 2.74. The number of amides is 1. The number of ketones is 1. The Kier molecular flexibility index (Phi) is 6.20. The molecule has 0 bridgehead atoms. The van der Waals surface area contributed by atoms with E-state index in [4.69, 9.17) is 4.74 Å². The Morgan fingerprint density at radius 2 is 1.88 bits per heavy atom. The molecule has 0 fully saturated rings. The van der Waals surface area contributed by atoms with Crippen LogP contribution in [0.1, 0.15) is 38.3 Å². The SMILES string of the molecule is COCCCN1C(=O)C(O)=C(C(=O)CC(C)C)C1c1ccc(O)cc1. The van der Waals surface area contributed by atoms with E-state index in [2.05, 4.69) is 0 Å². The molecule has 2 N–H and O–H groups in total. The first-order chi connectivity index (χ1) is 11.9. The summed E-state index contributed by atoms with van der Waals surface area (Å²) in [4.78, 5) is 26.7. The van der Waals surface area contributed by atoms with Gasteiger partial charge in [0.2, 0.25) is 0 Å². The average molecular weight is 347 g/mol. The summed E-state index contributed by atoms with van der Waals surface area (Å²) in [5.74, 6) is -1.02. The van der Waals surface area contributed by atoms with Gasteiger partial charge in [-0.25, -0.2) is 0 Å². The third-order valence-corrected chi connectivity index (χ3v) is 4.15. The number of carbonyl (C=O) groups is 2. The maximum Gasteiger partial charge on any atom is 0.290 e. The molecule has 1 atom stereocenters. The van der Waals surface area contributed by atoms with Crippen molar-refractivity contribution in [2.75, 3.05) is 20.3 Å². The first-order valence-corrected chi connectivity index (χ1v) is 8.42. The van der Waals surface area contributed by atoms with Crippen LogP contribution in [0.25, 0.3) is 0 Å². The van der Waals surface area contributed by atoms with E-state index < -0.39 is 17.7 Å². The molecule has 1 aliphatic heterocycles. The zero-order valence-electron chi connectivity index (χ0n) is 14.9. The normalized spacial score (nSPS) is 17.7. The Labute approximate surface area is 147 Å². The van der Waals surface area contributed by atoms with Crippen molar-refractivity contribution in [3.05, 3.63) is 41.2 Å². The zero-order valence-corrected chi connectivity index (χ0v) is 14.9. The minimum Gasteiger partial charge on any atom is -0.508 e. The molecule has 1 heterocycles. The van der Waals surface area contributed by atoms with Gasteiger partial charge in [-0.1, -0.05) is 26.0 Å². The number of hydrogen-bond donors (Lipinski definition) is 2. The van der Waals surface area contributed by atoms with Crippen LogP contribution in [0, 0.1) is 5.92 Å². The number of nitrogens with zero attached hydrogens (tertiary/aromatic N) is 1. The van der Waals surface area contributed by atoms with E-state index in [1.165, 1.54) is 17.0 Å². The summed E-state index contributed by atoms with van der Waals surface area (Å²) in [5.41, 5.74) is 0.821. The fourth-order valence-electron chi connectivity index (χ4n) is 3.03. The Morgan fingerprint density at radius 1 is 1.24 bits per heavy atom. The van der Waals surface area contributed by atoms with Crippen molar-refractivity contribution in [1.29, 1.82) is 0 Å². The second kappa shape index (κ2) is 8.16. The van der Waals surface area contributed by atoms with Crippen LogP contribution in [0.15, 0.2) is 35.6 Å². The monoisotopic (exact) mass is 347 g/mol. The highest BCUT2D eigenvalue weighted by atomic mass is 16.5. The number of aliphatic hydroxyl groups is 1. The lowest BCUT2D eigenvalue weighted by atomic mass is 9.92. The third kappa shape index (κ3) is 4.20. The van der Waals surface area contributed by atoms with Gasteiger partial charge in [-0.2, -0.15) is 0 Å². The summed E-state index contributed by atoms with van der Waals surface area (Å²) in [5, 5.41) is 19.9. The molecule has 0 aromatic heterocycles. The fourth-order valence-corrected chi connectivity index (χ4v) is 3.03. The van der Waals surface area contributed by atoms with Gasteiger partial charge >= 0.3 is 0 Å². The zero-order chi connectivity index (χ0) is 18.6. The molecule has 0 aliphatic carbocycles. The van der Waals surface area contributed by atoms with Crippen LogP contribution in [0.2, 0.25) is 0 Å². The molecule has 1 aromatic carbocycles. The second-order valence-corrected chi connectivity index (χ2v) is 6.62. The first kappa shape index (κ1) is 19.0.